The van der Waals surface area contributed by atoms with E-state index in [0.717, 1.165) is 48.8 Å². The molecule has 0 saturated heterocycles. The van der Waals surface area contributed by atoms with E-state index in [1.165, 1.54) is 19.3 Å². The van der Waals surface area contributed by atoms with Crippen LogP contribution in [0.2, 0.25) is 0 Å². The molecule has 2 aliphatic rings. The number of nitrogens with one attached hydrogen (secondary N) is 1. The van der Waals surface area contributed by atoms with E-state index in [4.69, 9.17) is 4.98 Å². The second-order valence-corrected chi connectivity index (χ2v) is 6.72. The van der Waals surface area contributed by atoms with Crippen LogP contribution >= 0.6 is 0 Å². The lowest BCUT2D eigenvalue weighted by atomic mass is 9.93. The average Bonchev–Trinajstić information content (AvgIpc) is 2.63. The average molecular weight is 322 g/mol. The maximum absolute atomic E-state index is 12.4. The van der Waals surface area contributed by atoms with Gasteiger partial charge >= 0.3 is 0 Å². The number of hydrogen-bond acceptors (Lipinski definition) is 4. The van der Waals surface area contributed by atoms with Crippen LogP contribution in [0.3, 0.4) is 0 Å². The Kier molecular flexibility index (Phi) is 4.26. The lowest BCUT2D eigenvalue weighted by Gasteiger charge is -2.31. The Balaban J connectivity index is 1.57. The van der Waals surface area contributed by atoms with Gasteiger partial charge in [-0.25, -0.2) is 4.98 Å². The van der Waals surface area contributed by atoms with Crippen molar-refractivity contribution in [3.05, 3.63) is 58.3 Å². The van der Waals surface area contributed by atoms with Gasteiger partial charge in [0.05, 0.1) is 5.69 Å². The first-order valence-electron chi connectivity index (χ1n) is 8.69. The zero-order valence-corrected chi connectivity index (χ0v) is 13.7. The van der Waals surface area contributed by atoms with E-state index in [0.29, 0.717) is 5.82 Å². The molecule has 2 aromatic rings. The fraction of sp³-hybridized carbons (Fsp3) is 0.421. The molecule has 5 nitrogen and oxygen atoms in total. The smallest absolute Gasteiger partial charge is 0.254 e. The van der Waals surface area contributed by atoms with Gasteiger partial charge in [-0.3, -0.25) is 14.7 Å². The Morgan fingerprint density at radius 3 is 3.08 bits per heavy atom. The summed E-state index contributed by atoms with van der Waals surface area (Å²) in [6, 6.07) is 3.78. The van der Waals surface area contributed by atoms with Crippen LogP contribution < -0.4 is 5.56 Å². The fourth-order valence-corrected chi connectivity index (χ4v) is 3.68. The topological polar surface area (TPSA) is 61.9 Å². The Morgan fingerprint density at radius 1 is 1.33 bits per heavy atom. The van der Waals surface area contributed by atoms with Crippen molar-refractivity contribution >= 4 is 0 Å². The van der Waals surface area contributed by atoms with Gasteiger partial charge in [0.1, 0.15) is 5.82 Å². The summed E-state index contributed by atoms with van der Waals surface area (Å²) < 4.78 is 0. The molecular weight excluding hydrogens is 300 g/mol. The van der Waals surface area contributed by atoms with Gasteiger partial charge in [0.15, 0.2) is 0 Å². The molecule has 5 heteroatoms. The van der Waals surface area contributed by atoms with E-state index >= 15 is 0 Å². The minimum Gasteiger partial charge on any atom is -0.306 e. The molecule has 0 spiro atoms. The molecule has 24 heavy (non-hydrogen) atoms. The van der Waals surface area contributed by atoms with E-state index in [1.807, 2.05) is 12.1 Å². The predicted molar refractivity (Wildman–Crippen MR) is 93.6 cm³/mol. The molecule has 0 amide bonds. The van der Waals surface area contributed by atoms with Gasteiger partial charge in [-0.05, 0) is 43.7 Å². The van der Waals surface area contributed by atoms with E-state index in [9.17, 15) is 4.79 Å². The molecular formula is C19H22N4O. The molecule has 0 saturated carbocycles. The van der Waals surface area contributed by atoms with Crippen molar-refractivity contribution in [1.29, 1.82) is 0 Å². The summed E-state index contributed by atoms with van der Waals surface area (Å²) in [6.45, 7) is 2.82. The standard InChI is InChI=1S/C19H22N4O/c24-19-16-8-10-23(12-14-5-2-1-3-6-14)13-17(16)21-18(22-19)15-7-4-9-20-11-15/h1-2,4,7,9,11,14H,3,5-6,8,10,12-13H2,(H,21,22,24). The summed E-state index contributed by atoms with van der Waals surface area (Å²) in [5.74, 6) is 1.35. The first-order chi connectivity index (χ1) is 11.8. The largest absolute Gasteiger partial charge is 0.306 e. The highest BCUT2D eigenvalue weighted by Crippen LogP contribution is 2.23. The number of allylic oxidation sites excluding steroid dienone is 2. The highest BCUT2D eigenvalue weighted by atomic mass is 16.1. The van der Waals surface area contributed by atoms with Crippen molar-refractivity contribution in [3.63, 3.8) is 0 Å². The molecule has 3 heterocycles. The second kappa shape index (κ2) is 6.69. The van der Waals surface area contributed by atoms with Crippen LogP contribution in [0.15, 0.2) is 41.5 Å². The molecule has 0 aromatic carbocycles. The maximum Gasteiger partial charge on any atom is 0.254 e. The molecule has 4 rings (SSSR count). The number of fused-ring (bicyclic) bond motifs is 1. The van der Waals surface area contributed by atoms with Crippen molar-refractivity contribution in [2.24, 2.45) is 5.92 Å². The van der Waals surface area contributed by atoms with Gasteiger partial charge in [0, 0.05) is 43.2 Å². The minimum atomic E-state index is -0.000831. The quantitative estimate of drug-likeness (QED) is 0.882. The number of rotatable bonds is 3. The molecule has 1 aliphatic heterocycles. The molecule has 1 aliphatic carbocycles. The van der Waals surface area contributed by atoms with Crippen molar-refractivity contribution in [3.8, 4) is 11.4 Å². The van der Waals surface area contributed by atoms with Gasteiger partial charge in [-0.2, -0.15) is 0 Å². The Bertz CT molecular complexity index is 797. The van der Waals surface area contributed by atoms with E-state index in [-0.39, 0.29) is 5.56 Å². The Hall–Kier alpha value is -2.27. The third-order valence-electron chi connectivity index (χ3n) is 4.98. The summed E-state index contributed by atoms with van der Waals surface area (Å²) in [7, 11) is 0. The molecule has 2 aromatic heterocycles. The summed E-state index contributed by atoms with van der Waals surface area (Å²) in [5, 5.41) is 0. The van der Waals surface area contributed by atoms with Crippen LogP contribution in [0.1, 0.15) is 30.5 Å². The number of hydrogen-bond donors (Lipinski definition) is 1. The number of aromatic amines is 1. The third kappa shape index (κ3) is 3.17. The fourth-order valence-electron chi connectivity index (χ4n) is 3.68. The van der Waals surface area contributed by atoms with E-state index in [2.05, 4.69) is 27.0 Å². The predicted octanol–water partition coefficient (Wildman–Crippen LogP) is 2.55. The first-order valence-corrected chi connectivity index (χ1v) is 8.69. The highest BCUT2D eigenvalue weighted by Gasteiger charge is 2.23. The lowest BCUT2D eigenvalue weighted by Crippen LogP contribution is -2.38. The Morgan fingerprint density at radius 2 is 2.29 bits per heavy atom. The van der Waals surface area contributed by atoms with Gasteiger partial charge < -0.3 is 4.98 Å². The third-order valence-corrected chi connectivity index (χ3v) is 4.98. The molecule has 1 unspecified atom stereocenters. The lowest BCUT2D eigenvalue weighted by molar-refractivity contribution is 0.203. The summed E-state index contributed by atoms with van der Waals surface area (Å²) in [6.07, 6.45) is 12.5. The monoisotopic (exact) mass is 322 g/mol. The SMILES string of the molecule is O=c1[nH]c(-c2cccnc2)nc2c1CCN(CC1CC=CCC1)C2. The number of aromatic nitrogens is 3. The van der Waals surface area contributed by atoms with Crippen molar-refractivity contribution < 1.29 is 0 Å². The highest BCUT2D eigenvalue weighted by molar-refractivity contribution is 5.53. The summed E-state index contributed by atoms with van der Waals surface area (Å²) >= 11 is 0. The van der Waals surface area contributed by atoms with Gasteiger partial charge in [-0.1, -0.05) is 12.2 Å². The van der Waals surface area contributed by atoms with Crippen LogP contribution in [0.25, 0.3) is 11.4 Å². The number of nitrogens with zero attached hydrogens (tertiary/aromatic N) is 3. The van der Waals surface area contributed by atoms with Crippen molar-refractivity contribution in [2.75, 3.05) is 13.1 Å². The van der Waals surface area contributed by atoms with Crippen molar-refractivity contribution in [2.45, 2.75) is 32.2 Å². The summed E-state index contributed by atoms with van der Waals surface area (Å²) in [5.41, 5.74) is 2.63. The Labute approximate surface area is 141 Å². The second-order valence-electron chi connectivity index (χ2n) is 6.72. The number of H-pyrrole nitrogens is 1. The normalized spacial score (nSPS) is 20.8. The molecule has 1 atom stereocenters. The van der Waals surface area contributed by atoms with Crippen LogP contribution in [0.5, 0.6) is 0 Å². The van der Waals surface area contributed by atoms with Crippen molar-refractivity contribution in [1.82, 2.24) is 19.9 Å². The van der Waals surface area contributed by atoms with Gasteiger partial charge in [0.2, 0.25) is 0 Å². The van der Waals surface area contributed by atoms with E-state index in [1.54, 1.807) is 12.4 Å². The number of pyridine rings is 1. The molecule has 124 valence electrons. The maximum atomic E-state index is 12.4. The first kappa shape index (κ1) is 15.3. The van der Waals surface area contributed by atoms with Crippen LogP contribution in [-0.2, 0) is 13.0 Å². The van der Waals surface area contributed by atoms with Gasteiger partial charge in [0.25, 0.3) is 5.56 Å². The molecule has 1 N–H and O–H groups in total. The van der Waals surface area contributed by atoms with Crippen LogP contribution in [0, 0.1) is 5.92 Å². The zero-order valence-electron chi connectivity index (χ0n) is 13.7. The van der Waals surface area contributed by atoms with Crippen LogP contribution in [0.4, 0.5) is 0 Å². The molecule has 0 bridgehead atoms. The summed E-state index contributed by atoms with van der Waals surface area (Å²) in [4.78, 5) is 26.6. The van der Waals surface area contributed by atoms with E-state index < -0.39 is 0 Å². The minimum absolute atomic E-state index is 0.000831. The van der Waals surface area contributed by atoms with Crippen LogP contribution in [-0.4, -0.2) is 32.9 Å². The van der Waals surface area contributed by atoms with Gasteiger partial charge in [-0.15, -0.1) is 0 Å². The molecule has 0 radical (unpaired) electrons. The zero-order chi connectivity index (χ0) is 16.4. The molecule has 0 fully saturated rings.